The van der Waals surface area contributed by atoms with E-state index in [0.29, 0.717) is 25.0 Å². The summed E-state index contributed by atoms with van der Waals surface area (Å²) in [7, 11) is 0. The van der Waals surface area contributed by atoms with Gasteiger partial charge < -0.3 is 19.1 Å². The molecule has 2 saturated carbocycles. The molecule has 0 aromatic heterocycles. The summed E-state index contributed by atoms with van der Waals surface area (Å²) in [4.78, 5) is 15.2. The first-order valence-corrected chi connectivity index (χ1v) is 10.9. The van der Waals surface area contributed by atoms with Gasteiger partial charge in [0.15, 0.2) is 5.79 Å². The third-order valence-electron chi connectivity index (χ3n) is 8.21. The summed E-state index contributed by atoms with van der Waals surface area (Å²) >= 11 is 0. The minimum absolute atomic E-state index is 0.0220. The third kappa shape index (κ3) is 3.06. The van der Waals surface area contributed by atoms with Crippen LogP contribution in [0.5, 0.6) is 0 Å². The lowest BCUT2D eigenvalue weighted by Crippen LogP contribution is -2.49. The van der Waals surface area contributed by atoms with Crippen molar-refractivity contribution in [1.82, 2.24) is 4.90 Å². The van der Waals surface area contributed by atoms with E-state index in [1.165, 1.54) is 18.4 Å². The first-order valence-electron chi connectivity index (χ1n) is 10.9. The van der Waals surface area contributed by atoms with Gasteiger partial charge in [0.05, 0.1) is 19.1 Å². The number of carbonyl (C=O) groups excluding carboxylic acids is 1. The summed E-state index contributed by atoms with van der Waals surface area (Å²) in [6.07, 6.45) is 7.67. The fraction of sp³-hybridized carbons (Fsp3) is 0.864. The van der Waals surface area contributed by atoms with Crippen molar-refractivity contribution in [2.75, 3.05) is 32.8 Å². The van der Waals surface area contributed by atoms with E-state index in [4.69, 9.17) is 14.2 Å². The Kier molecular flexibility index (Phi) is 4.41. The Bertz CT molecular complexity index is 618. The molecule has 150 valence electrons. The first kappa shape index (κ1) is 18.1. The highest BCUT2D eigenvalue weighted by atomic mass is 16.7. The third-order valence-corrected chi connectivity index (χ3v) is 8.21. The smallest absolute Gasteiger partial charge is 0.310 e. The molecule has 3 aliphatic heterocycles. The Morgan fingerprint density at radius 1 is 1.19 bits per heavy atom. The van der Waals surface area contributed by atoms with Gasteiger partial charge >= 0.3 is 5.97 Å². The summed E-state index contributed by atoms with van der Waals surface area (Å²) in [5.74, 6) is 0.636. The molecule has 0 N–H and O–H groups in total. The van der Waals surface area contributed by atoms with Gasteiger partial charge in [0.1, 0.15) is 6.10 Å². The molecule has 0 bridgehead atoms. The zero-order valence-corrected chi connectivity index (χ0v) is 16.6. The Balaban J connectivity index is 1.26. The van der Waals surface area contributed by atoms with E-state index in [1.807, 2.05) is 0 Å². The number of piperidine rings is 1. The molecule has 1 spiro atoms. The second-order valence-electron chi connectivity index (χ2n) is 9.81. The van der Waals surface area contributed by atoms with Crippen LogP contribution in [0.3, 0.4) is 0 Å². The van der Waals surface area contributed by atoms with E-state index in [-0.39, 0.29) is 29.2 Å². The second kappa shape index (κ2) is 6.57. The number of nitrogens with zero attached hydrogens (tertiary/aromatic N) is 1. The lowest BCUT2D eigenvalue weighted by molar-refractivity contribution is -0.186. The van der Waals surface area contributed by atoms with Crippen molar-refractivity contribution in [2.24, 2.45) is 23.2 Å². The zero-order valence-electron chi connectivity index (χ0n) is 16.6. The zero-order chi connectivity index (χ0) is 18.6. The molecule has 5 heteroatoms. The minimum atomic E-state index is -0.346. The molecule has 5 fully saturated rings. The molecular weight excluding hydrogens is 342 g/mol. The van der Waals surface area contributed by atoms with Crippen molar-refractivity contribution >= 4 is 5.97 Å². The number of carbonyl (C=O) groups is 1. The molecule has 0 aromatic rings. The molecule has 0 radical (unpaired) electrons. The van der Waals surface area contributed by atoms with Gasteiger partial charge in [-0.25, -0.2) is 0 Å². The van der Waals surface area contributed by atoms with E-state index in [2.05, 4.69) is 18.4 Å². The van der Waals surface area contributed by atoms with Gasteiger partial charge in [0.2, 0.25) is 0 Å². The average Bonchev–Trinajstić information content (AvgIpc) is 3.20. The summed E-state index contributed by atoms with van der Waals surface area (Å²) < 4.78 is 17.6. The molecule has 27 heavy (non-hydrogen) atoms. The molecule has 3 heterocycles. The molecule has 5 nitrogen and oxygen atoms in total. The van der Waals surface area contributed by atoms with Gasteiger partial charge in [-0.1, -0.05) is 19.1 Å². The number of fused-ring (bicyclic) bond motifs is 2. The number of ether oxygens (including phenoxy) is 3. The quantitative estimate of drug-likeness (QED) is 0.548. The molecule has 5 atom stereocenters. The fourth-order valence-corrected chi connectivity index (χ4v) is 6.60. The summed E-state index contributed by atoms with van der Waals surface area (Å²) in [5.41, 5.74) is 1.69. The first-order chi connectivity index (χ1) is 13.0. The van der Waals surface area contributed by atoms with Crippen molar-refractivity contribution in [1.29, 1.82) is 0 Å². The lowest BCUT2D eigenvalue weighted by atomic mass is 9.55. The van der Waals surface area contributed by atoms with Crippen molar-refractivity contribution in [3.05, 3.63) is 12.2 Å². The largest absolute Gasteiger partial charge is 0.462 e. The van der Waals surface area contributed by atoms with Crippen LogP contribution in [-0.2, 0) is 19.0 Å². The molecular formula is C22H33NO4. The number of hydrogen-bond donors (Lipinski definition) is 0. The monoisotopic (exact) mass is 375 g/mol. The summed E-state index contributed by atoms with van der Waals surface area (Å²) in [6, 6.07) is 0. The highest BCUT2D eigenvalue weighted by Gasteiger charge is 2.55. The van der Waals surface area contributed by atoms with E-state index >= 15 is 0 Å². The highest BCUT2D eigenvalue weighted by molar-refractivity contribution is 5.75. The van der Waals surface area contributed by atoms with E-state index < -0.39 is 0 Å². The number of allylic oxidation sites excluding steroid dienone is 1. The Labute approximate surface area is 162 Å². The van der Waals surface area contributed by atoms with Gasteiger partial charge in [-0.05, 0) is 43.4 Å². The van der Waals surface area contributed by atoms with Gasteiger partial charge in [0.25, 0.3) is 0 Å². The summed E-state index contributed by atoms with van der Waals surface area (Å²) in [6.45, 7) is 10.9. The van der Waals surface area contributed by atoms with Crippen molar-refractivity contribution in [3.63, 3.8) is 0 Å². The Morgan fingerprint density at radius 2 is 1.93 bits per heavy atom. The number of esters is 1. The predicted octanol–water partition coefficient (Wildman–Crippen LogP) is 3.14. The van der Waals surface area contributed by atoms with Crippen molar-refractivity contribution in [3.8, 4) is 0 Å². The molecule has 2 unspecified atom stereocenters. The molecule has 2 aliphatic carbocycles. The minimum Gasteiger partial charge on any atom is -0.462 e. The van der Waals surface area contributed by atoms with Gasteiger partial charge in [-0.2, -0.15) is 0 Å². The topological polar surface area (TPSA) is 48.0 Å². The molecule has 5 rings (SSSR count). The standard InChI is InChI=1S/C22H33NO4/c1-15-4-3-5-21(2)13-19-16(12-18(15)21)17(20(24)27-19)14-23-8-6-22(7-9-23)25-10-11-26-22/h16-19H,1,3-14H2,2H3/t16-,17?,18?,19-,21-/m1/s1. The van der Waals surface area contributed by atoms with Crippen LogP contribution in [0.1, 0.15) is 51.9 Å². The van der Waals surface area contributed by atoms with Crippen LogP contribution >= 0.6 is 0 Å². The van der Waals surface area contributed by atoms with Crippen LogP contribution in [0.4, 0.5) is 0 Å². The lowest BCUT2D eigenvalue weighted by Gasteiger charge is -2.50. The van der Waals surface area contributed by atoms with Crippen molar-refractivity contribution in [2.45, 2.75) is 63.8 Å². The average molecular weight is 376 g/mol. The summed E-state index contributed by atoms with van der Waals surface area (Å²) in [5, 5.41) is 0. The normalized spacial score (nSPS) is 44.2. The fourth-order valence-electron chi connectivity index (χ4n) is 6.60. The SMILES string of the molecule is C=C1CCC[C@]2(C)C[C@H]3OC(=O)C(CN4CCC5(CC4)OCCO5)[C@H]3CC12. The van der Waals surface area contributed by atoms with Gasteiger partial charge in [-0.3, -0.25) is 4.79 Å². The van der Waals surface area contributed by atoms with Crippen LogP contribution in [0.15, 0.2) is 12.2 Å². The van der Waals surface area contributed by atoms with Crippen LogP contribution in [0.25, 0.3) is 0 Å². The Hall–Kier alpha value is -0.910. The number of hydrogen-bond acceptors (Lipinski definition) is 5. The predicted molar refractivity (Wildman–Crippen MR) is 101 cm³/mol. The van der Waals surface area contributed by atoms with Gasteiger partial charge in [-0.15, -0.1) is 0 Å². The van der Waals surface area contributed by atoms with Gasteiger partial charge in [0, 0.05) is 38.4 Å². The molecule has 5 aliphatic rings. The van der Waals surface area contributed by atoms with Crippen LogP contribution in [0.2, 0.25) is 0 Å². The Morgan fingerprint density at radius 3 is 2.67 bits per heavy atom. The van der Waals surface area contributed by atoms with Crippen LogP contribution < -0.4 is 0 Å². The maximum Gasteiger partial charge on any atom is 0.310 e. The highest BCUT2D eigenvalue weighted by Crippen LogP contribution is 2.57. The van der Waals surface area contributed by atoms with E-state index in [0.717, 1.165) is 51.7 Å². The number of likely N-dealkylation sites (tertiary alicyclic amines) is 1. The molecule has 0 aromatic carbocycles. The maximum atomic E-state index is 12.7. The maximum absolute atomic E-state index is 12.7. The van der Waals surface area contributed by atoms with Crippen LogP contribution in [0, 0.1) is 23.2 Å². The molecule has 3 saturated heterocycles. The van der Waals surface area contributed by atoms with Crippen LogP contribution in [-0.4, -0.2) is 55.6 Å². The van der Waals surface area contributed by atoms with Crippen molar-refractivity contribution < 1.29 is 19.0 Å². The molecule has 0 amide bonds. The van der Waals surface area contributed by atoms with E-state index in [1.54, 1.807) is 0 Å². The van der Waals surface area contributed by atoms with E-state index in [9.17, 15) is 4.79 Å². The number of rotatable bonds is 2. The second-order valence-corrected chi connectivity index (χ2v) is 9.81.